The lowest BCUT2D eigenvalue weighted by Gasteiger charge is -2.43. The molecule has 0 radical (unpaired) electrons. The van der Waals surface area contributed by atoms with Crippen molar-refractivity contribution < 1.29 is 9.90 Å². The summed E-state index contributed by atoms with van der Waals surface area (Å²) in [6.45, 7) is 1.20. The molecule has 1 fully saturated rings. The number of anilines is 2. The molecule has 1 aromatic heterocycles. The molecule has 0 unspecified atom stereocenters. The van der Waals surface area contributed by atoms with Gasteiger partial charge in [0.05, 0.1) is 17.6 Å². The fourth-order valence-corrected chi connectivity index (χ4v) is 1.91. The quantitative estimate of drug-likeness (QED) is 0.782. The highest BCUT2D eigenvalue weighted by Crippen LogP contribution is 2.23. The van der Waals surface area contributed by atoms with Crippen LogP contribution in [-0.2, 0) is 5.88 Å². The second-order valence-electron chi connectivity index (χ2n) is 4.16. The molecule has 1 saturated heterocycles. The SMILES string of the molecule is CN(C(=O)O)C1CN(c2cc(CCl)nc(N)n2)C1. The second-order valence-corrected chi connectivity index (χ2v) is 4.43. The topological polar surface area (TPSA) is 95.6 Å². The number of nitrogens with two attached hydrogens (primary N) is 1. The number of halogens is 1. The van der Waals surface area contributed by atoms with Gasteiger partial charge >= 0.3 is 6.09 Å². The largest absolute Gasteiger partial charge is 0.465 e. The lowest BCUT2D eigenvalue weighted by molar-refractivity contribution is 0.129. The molecule has 3 N–H and O–H groups in total. The molecule has 1 aliphatic heterocycles. The van der Waals surface area contributed by atoms with Crippen LogP contribution in [0.3, 0.4) is 0 Å². The van der Waals surface area contributed by atoms with Crippen LogP contribution in [0.4, 0.5) is 16.6 Å². The first-order valence-electron chi connectivity index (χ1n) is 5.41. The molecule has 18 heavy (non-hydrogen) atoms. The van der Waals surface area contributed by atoms with E-state index in [1.165, 1.54) is 4.90 Å². The van der Waals surface area contributed by atoms with Crippen LogP contribution in [0.25, 0.3) is 0 Å². The van der Waals surface area contributed by atoms with Crippen molar-refractivity contribution in [3.05, 3.63) is 11.8 Å². The number of likely N-dealkylation sites (N-methyl/N-ethyl adjacent to an activating group) is 1. The standard InChI is InChI=1S/C10H14ClN5O2/c1-15(10(17)18)7-4-16(5-7)8-2-6(3-11)13-9(12)14-8/h2,7H,3-5H2,1H3,(H,17,18)(H2,12,13,14). The Morgan fingerprint density at radius 3 is 2.89 bits per heavy atom. The molecule has 0 atom stereocenters. The van der Waals surface area contributed by atoms with Crippen LogP contribution in [0.5, 0.6) is 0 Å². The number of carbonyl (C=O) groups is 1. The molecule has 0 spiro atoms. The minimum absolute atomic E-state index is 0.0156. The third kappa shape index (κ3) is 2.40. The highest BCUT2D eigenvalue weighted by Gasteiger charge is 2.33. The first-order valence-corrected chi connectivity index (χ1v) is 5.95. The van der Waals surface area contributed by atoms with E-state index < -0.39 is 6.09 Å². The van der Waals surface area contributed by atoms with Crippen molar-refractivity contribution in [1.82, 2.24) is 14.9 Å². The number of aromatic nitrogens is 2. The number of rotatable bonds is 3. The number of hydrogen-bond donors (Lipinski definition) is 2. The van der Waals surface area contributed by atoms with Crippen molar-refractivity contribution in [2.45, 2.75) is 11.9 Å². The fourth-order valence-electron chi connectivity index (χ4n) is 1.78. The van der Waals surface area contributed by atoms with E-state index in [1.54, 1.807) is 13.1 Å². The second kappa shape index (κ2) is 4.85. The summed E-state index contributed by atoms with van der Waals surface area (Å²) in [5.41, 5.74) is 6.24. The number of nitrogens with zero attached hydrogens (tertiary/aromatic N) is 4. The Morgan fingerprint density at radius 2 is 2.33 bits per heavy atom. The number of hydrogen-bond acceptors (Lipinski definition) is 5. The van der Waals surface area contributed by atoms with Gasteiger partial charge in [-0.15, -0.1) is 11.6 Å². The van der Waals surface area contributed by atoms with Crippen molar-refractivity contribution in [3.63, 3.8) is 0 Å². The molecule has 0 bridgehead atoms. The predicted octanol–water partition coefficient (Wildman–Crippen LogP) is 0.596. The molecule has 0 saturated carbocycles. The van der Waals surface area contributed by atoms with Gasteiger partial charge in [0.25, 0.3) is 0 Å². The zero-order chi connectivity index (χ0) is 13.3. The number of alkyl halides is 1. The molecule has 1 amide bonds. The summed E-state index contributed by atoms with van der Waals surface area (Å²) in [6.07, 6.45) is -0.928. The molecule has 0 aromatic carbocycles. The smallest absolute Gasteiger partial charge is 0.407 e. The number of nitrogen functional groups attached to an aromatic ring is 1. The zero-order valence-corrected chi connectivity index (χ0v) is 10.6. The van der Waals surface area contributed by atoms with Crippen molar-refractivity contribution in [2.24, 2.45) is 0 Å². The Bertz CT molecular complexity index is 464. The molecular weight excluding hydrogens is 258 g/mol. The summed E-state index contributed by atoms with van der Waals surface area (Å²) in [4.78, 5) is 22.1. The summed E-state index contributed by atoms with van der Waals surface area (Å²) < 4.78 is 0. The van der Waals surface area contributed by atoms with Gasteiger partial charge < -0.3 is 20.6 Å². The summed E-state index contributed by atoms with van der Waals surface area (Å²) >= 11 is 5.71. The van der Waals surface area contributed by atoms with E-state index in [9.17, 15) is 4.79 Å². The van der Waals surface area contributed by atoms with Gasteiger partial charge in [0.2, 0.25) is 5.95 Å². The van der Waals surface area contributed by atoms with E-state index in [4.69, 9.17) is 22.4 Å². The maximum Gasteiger partial charge on any atom is 0.407 e. The first-order chi connectivity index (χ1) is 8.51. The van der Waals surface area contributed by atoms with Crippen molar-refractivity contribution in [1.29, 1.82) is 0 Å². The third-order valence-electron chi connectivity index (χ3n) is 2.96. The van der Waals surface area contributed by atoms with Gasteiger partial charge in [-0.1, -0.05) is 0 Å². The Morgan fingerprint density at radius 1 is 1.67 bits per heavy atom. The van der Waals surface area contributed by atoms with Crippen LogP contribution in [0, 0.1) is 0 Å². The van der Waals surface area contributed by atoms with Crippen molar-refractivity contribution >= 4 is 29.5 Å². The van der Waals surface area contributed by atoms with Gasteiger partial charge in [-0.05, 0) is 0 Å². The van der Waals surface area contributed by atoms with Gasteiger partial charge in [0.1, 0.15) is 5.82 Å². The Labute approximate surface area is 109 Å². The van der Waals surface area contributed by atoms with Crippen molar-refractivity contribution in [3.8, 4) is 0 Å². The number of carboxylic acid groups (broad SMARTS) is 1. The monoisotopic (exact) mass is 271 g/mol. The maximum atomic E-state index is 10.8. The van der Waals surface area contributed by atoms with Crippen LogP contribution in [0.2, 0.25) is 0 Å². The minimum atomic E-state index is -0.928. The lowest BCUT2D eigenvalue weighted by Crippen LogP contribution is -2.60. The molecule has 2 heterocycles. The normalized spacial score (nSPS) is 15.3. The molecule has 7 nitrogen and oxygen atoms in total. The van der Waals surface area contributed by atoms with Crippen LogP contribution < -0.4 is 10.6 Å². The Hall–Kier alpha value is -1.76. The fraction of sp³-hybridized carbons (Fsp3) is 0.500. The average molecular weight is 272 g/mol. The molecule has 1 aliphatic rings. The maximum absolute atomic E-state index is 10.8. The van der Waals surface area contributed by atoms with E-state index in [-0.39, 0.29) is 17.9 Å². The van der Waals surface area contributed by atoms with Gasteiger partial charge in [-0.25, -0.2) is 9.78 Å². The van der Waals surface area contributed by atoms with Gasteiger partial charge in [-0.2, -0.15) is 4.98 Å². The first kappa shape index (κ1) is 12.7. The van der Waals surface area contributed by atoms with E-state index in [0.29, 0.717) is 24.6 Å². The lowest BCUT2D eigenvalue weighted by atomic mass is 10.1. The van der Waals surface area contributed by atoms with Crippen LogP contribution in [0.15, 0.2) is 6.07 Å². The van der Waals surface area contributed by atoms with Gasteiger partial charge in [0.15, 0.2) is 0 Å². The molecule has 0 aliphatic carbocycles. The van der Waals surface area contributed by atoms with Crippen LogP contribution in [0.1, 0.15) is 5.69 Å². The molecule has 8 heteroatoms. The molecule has 2 rings (SSSR count). The minimum Gasteiger partial charge on any atom is -0.465 e. The Kier molecular flexibility index (Phi) is 3.42. The molecule has 1 aromatic rings. The van der Waals surface area contributed by atoms with Crippen LogP contribution >= 0.6 is 11.6 Å². The van der Waals surface area contributed by atoms with Crippen LogP contribution in [-0.4, -0.2) is 52.2 Å². The Balaban J connectivity index is 2.04. The van der Waals surface area contributed by atoms with Crippen molar-refractivity contribution in [2.75, 3.05) is 30.8 Å². The summed E-state index contributed by atoms with van der Waals surface area (Å²) in [7, 11) is 1.56. The van der Waals surface area contributed by atoms with E-state index in [0.717, 1.165) is 0 Å². The zero-order valence-electron chi connectivity index (χ0n) is 9.88. The predicted molar refractivity (Wildman–Crippen MR) is 67.8 cm³/mol. The molecular formula is C10H14ClN5O2. The summed E-state index contributed by atoms with van der Waals surface area (Å²) in [5, 5.41) is 8.84. The summed E-state index contributed by atoms with van der Waals surface area (Å²) in [6, 6.07) is 1.75. The average Bonchev–Trinajstić information content (AvgIpc) is 2.25. The van der Waals surface area contributed by atoms with Gasteiger partial charge in [0, 0.05) is 26.2 Å². The van der Waals surface area contributed by atoms with E-state index in [2.05, 4.69) is 9.97 Å². The van der Waals surface area contributed by atoms with E-state index >= 15 is 0 Å². The van der Waals surface area contributed by atoms with Gasteiger partial charge in [-0.3, -0.25) is 0 Å². The molecule has 98 valence electrons. The third-order valence-corrected chi connectivity index (χ3v) is 3.23. The highest BCUT2D eigenvalue weighted by molar-refractivity contribution is 6.16. The highest BCUT2D eigenvalue weighted by atomic mass is 35.5. The summed E-state index contributed by atoms with van der Waals surface area (Å²) in [5.74, 6) is 1.14. The number of amides is 1. The van der Waals surface area contributed by atoms with E-state index in [1.807, 2.05) is 4.90 Å².